The van der Waals surface area contributed by atoms with Gasteiger partial charge in [-0.3, -0.25) is 11.3 Å². The van der Waals surface area contributed by atoms with Crippen LogP contribution in [0.1, 0.15) is 5.56 Å². The van der Waals surface area contributed by atoms with Crippen LogP contribution in [0.4, 0.5) is 0 Å². The van der Waals surface area contributed by atoms with Gasteiger partial charge in [-0.15, -0.1) is 0 Å². The van der Waals surface area contributed by atoms with Crippen molar-refractivity contribution in [2.75, 3.05) is 19.1 Å². The first-order chi connectivity index (χ1) is 7.71. The molecule has 5 heteroatoms. The smallest absolute Gasteiger partial charge is 0.133 e. The Hall–Kier alpha value is -0.230. The topological polar surface area (TPSA) is 47.3 Å². The largest absolute Gasteiger partial charge is 0.496 e. The van der Waals surface area contributed by atoms with Gasteiger partial charge in [-0.05, 0) is 46.3 Å². The molecule has 0 aromatic heterocycles. The van der Waals surface area contributed by atoms with Crippen molar-refractivity contribution in [3.8, 4) is 5.75 Å². The van der Waals surface area contributed by atoms with Crippen molar-refractivity contribution in [2.24, 2.45) is 5.84 Å². The van der Waals surface area contributed by atoms with Gasteiger partial charge < -0.3 is 4.74 Å². The van der Waals surface area contributed by atoms with Crippen molar-refractivity contribution in [3.05, 3.63) is 28.2 Å². The Balaban J connectivity index is 2.69. The van der Waals surface area contributed by atoms with E-state index >= 15 is 0 Å². The fourth-order valence-corrected chi connectivity index (χ4v) is 2.69. The Kier molecular flexibility index (Phi) is 6.20. The van der Waals surface area contributed by atoms with Gasteiger partial charge in [-0.1, -0.05) is 6.07 Å². The molecular weight excluding hydrogens is 288 g/mol. The van der Waals surface area contributed by atoms with Crippen molar-refractivity contribution in [3.63, 3.8) is 0 Å². The standard InChI is InChI=1S/C11H17BrN2OS/c1-15-11-4-3-8(6-10(11)12)5-9(14-13)7-16-2/h3-4,6,9,14H,5,7,13H2,1-2H3. The van der Waals surface area contributed by atoms with E-state index in [9.17, 15) is 0 Å². The highest BCUT2D eigenvalue weighted by molar-refractivity contribution is 9.10. The number of methoxy groups -OCH3 is 1. The van der Waals surface area contributed by atoms with Gasteiger partial charge >= 0.3 is 0 Å². The zero-order valence-electron chi connectivity index (χ0n) is 9.50. The maximum atomic E-state index is 5.50. The molecule has 0 bridgehead atoms. The third-order valence-corrected chi connectivity index (χ3v) is 3.66. The second-order valence-electron chi connectivity index (χ2n) is 3.49. The summed E-state index contributed by atoms with van der Waals surface area (Å²) in [5.74, 6) is 7.35. The van der Waals surface area contributed by atoms with E-state index in [0.717, 1.165) is 22.4 Å². The van der Waals surface area contributed by atoms with E-state index in [1.807, 2.05) is 6.07 Å². The van der Waals surface area contributed by atoms with Crippen LogP contribution in [0, 0.1) is 0 Å². The number of ether oxygens (including phenoxy) is 1. The molecular formula is C11H17BrN2OS. The van der Waals surface area contributed by atoms with Crippen molar-refractivity contribution in [1.82, 2.24) is 5.43 Å². The van der Waals surface area contributed by atoms with Crippen LogP contribution >= 0.6 is 27.7 Å². The lowest BCUT2D eigenvalue weighted by molar-refractivity contribution is 0.412. The van der Waals surface area contributed by atoms with Gasteiger partial charge in [-0.2, -0.15) is 11.8 Å². The molecule has 0 aliphatic heterocycles. The number of hydrogen-bond donors (Lipinski definition) is 2. The molecule has 0 aliphatic rings. The van der Waals surface area contributed by atoms with E-state index in [4.69, 9.17) is 10.6 Å². The lowest BCUT2D eigenvalue weighted by atomic mass is 10.1. The van der Waals surface area contributed by atoms with Crippen LogP contribution in [-0.2, 0) is 6.42 Å². The lowest BCUT2D eigenvalue weighted by Crippen LogP contribution is -2.38. The number of hydrazine groups is 1. The molecule has 1 aromatic rings. The van der Waals surface area contributed by atoms with Crippen LogP contribution in [0.2, 0.25) is 0 Å². The monoisotopic (exact) mass is 304 g/mol. The van der Waals surface area contributed by atoms with Crippen molar-refractivity contribution < 1.29 is 4.74 Å². The Morgan fingerprint density at radius 3 is 2.81 bits per heavy atom. The molecule has 1 rings (SSSR count). The molecule has 0 saturated heterocycles. The number of halogens is 1. The van der Waals surface area contributed by atoms with Crippen LogP contribution in [-0.4, -0.2) is 25.2 Å². The first kappa shape index (κ1) is 13.8. The second kappa shape index (κ2) is 7.17. The van der Waals surface area contributed by atoms with E-state index in [0.29, 0.717) is 6.04 Å². The minimum Gasteiger partial charge on any atom is -0.496 e. The van der Waals surface area contributed by atoms with E-state index in [1.165, 1.54) is 5.56 Å². The van der Waals surface area contributed by atoms with E-state index in [2.05, 4.69) is 39.7 Å². The van der Waals surface area contributed by atoms with Gasteiger partial charge in [-0.25, -0.2) is 0 Å². The molecule has 0 aliphatic carbocycles. The van der Waals surface area contributed by atoms with Gasteiger partial charge in [0.2, 0.25) is 0 Å². The molecule has 1 aromatic carbocycles. The summed E-state index contributed by atoms with van der Waals surface area (Å²) in [5.41, 5.74) is 4.07. The average Bonchev–Trinajstić information content (AvgIpc) is 2.28. The summed E-state index contributed by atoms with van der Waals surface area (Å²) in [5, 5.41) is 0. The summed E-state index contributed by atoms with van der Waals surface area (Å²) in [6, 6.07) is 6.40. The Morgan fingerprint density at radius 1 is 1.56 bits per heavy atom. The number of benzene rings is 1. The minimum atomic E-state index is 0.301. The molecule has 3 nitrogen and oxygen atoms in total. The maximum absolute atomic E-state index is 5.50. The van der Waals surface area contributed by atoms with E-state index < -0.39 is 0 Å². The Morgan fingerprint density at radius 2 is 2.31 bits per heavy atom. The number of rotatable bonds is 6. The molecule has 3 N–H and O–H groups in total. The number of thioether (sulfide) groups is 1. The van der Waals surface area contributed by atoms with Gasteiger partial charge in [0.05, 0.1) is 11.6 Å². The molecule has 0 amide bonds. The third-order valence-electron chi connectivity index (χ3n) is 2.30. The highest BCUT2D eigenvalue weighted by Crippen LogP contribution is 2.26. The fraction of sp³-hybridized carbons (Fsp3) is 0.455. The van der Waals surface area contributed by atoms with Crippen LogP contribution in [0.15, 0.2) is 22.7 Å². The van der Waals surface area contributed by atoms with Gasteiger partial charge in [0, 0.05) is 11.8 Å². The first-order valence-corrected chi connectivity index (χ1v) is 7.17. The molecule has 0 radical (unpaired) electrons. The normalized spacial score (nSPS) is 12.5. The zero-order chi connectivity index (χ0) is 12.0. The lowest BCUT2D eigenvalue weighted by Gasteiger charge is -2.15. The van der Waals surface area contributed by atoms with E-state index in [1.54, 1.807) is 18.9 Å². The molecule has 0 spiro atoms. The SMILES string of the molecule is COc1ccc(CC(CSC)NN)cc1Br. The van der Waals surface area contributed by atoms with Crippen molar-refractivity contribution in [2.45, 2.75) is 12.5 Å². The van der Waals surface area contributed by atoms with Crippen LogP contribution in [0.3, 0.4) is 0 Å². The molecule has 16 heavy (non-hydrogen) atoms. The fourth-order valence-electron chi connectivity index (χ4n) is 1.49. The van der Waals surface area contributed by atoms with Crippen molar-refractivity contribution in [1.29, 1.82) is 0 Å². The Bertz CT molecular complexity index is 336. The van der Waals surface area contributed by atoms with Crippen molar-refractivity contribution >= 4 is 27.7 Å². The molecule has 1 atom stereocenters. The molecule has 1 unspecified atom stereocenters. The number of nitrogens with one attached hydrogen (secondary N) is 1. The molecule has 0 heterocycles. The van der Waals surface area contributed by atoms with Gasteiger partial charge in [0.15, 0.2) is 0 Å². The average molecular weight is 305 g/mol. The quantitative estimate of drug-likeness (QED) is 0.625. The Labute approximate surface area is 109 Å². The number of nitrogens with two attached hydrogens (primary N) is 1. The third kappa shape index (κ3) is 3.97. The van der Waals surface area contributed by atoms with Gasteiger partial charge in [0.25, 0.3) is 0 Å². The maximum Gasteiger partial charge on any atom is 0.133 e. The minimum absolute atomic E-state index is 0.301. The summed E-state index contributed by atoms with van der Waals surface area (Å²) >= 11 is 5.26. The predicted molar refractivity (Wildman–Crippen MR) is 73.9 cm³/mol. The summed E-state index contributed by atoms with van der Waals surface area (Å²) in [7, 11) is 1.66. The summed E-state index contributed by atoms with van der Waals surface area (Å²) in [6.07, 6.45) is 2.99. The molecule has 0 saturated carbocycles. The molecule has 0 fully saturated rings. The zero-order valence-corrected chi connectivity index (χ0v) is 11.9. The number of hydrogen-bond acceptors (Lipinski definition) is 4. The van der Waals surface area contributed by atoms with Gasteiger partial charge in [0.1, 0.15) is 5.75 Å². The van der Waals surface area contributed by atoms with E-state index in [-0.39, 0.29) is 0 Å². The second-order valence-corrected chi connectivity index (χ2v) is 5.26. The summed E-state index contributed by atoms with van der Waals surface area (Å²) < 4.78 is 6.17. The summed E-state index contributed by atoms with van der Waals surface area (Å²) in [4.78, 5) is 0. The molecule has 90 valence electrons. The van der Waals surface area contributed by atoms with Crippen LogP contribution in [0.5, 0.6) is 5.75 Å². The van der Waals surface area contributed by atoms with Crippen LogP contribution < -0.4 is 16.0 Å². The summed E-state index contributed by atoms with van der Waals surface area (Å²) in [6.45, 7) is 0. The highest BCUT2D eigenvalue weighted by atomic mass is 79.9. The highest BCUT2D eigenvalue weighted by Gasteiger charge is 2.08. The van der Waals surface area contributed by atoms with Crippen LogP contribution in [0.25, 0.3) is 0 Å². The first-order valence-electron chi connectivity index (χ1n) is 4.98. The predicted octanol–water partition coefficient (Wildman–Crippen LogP) is 2.20.